The lowest BCUT2D eigenvalue weighted by Crippen LogP contribution is -2.38. The van der Waals surface area contributed by atoms with Crippen LogP contribution >= 0.6 is 0 Å². The Bertz CT molecular complexity index is 425. The van der Waals surface area contributed by atoms with E-state index in [0.29, 0.717) is 24.9 Å². The van der Waals surface area contributed by atoms with Crippen LogP contribution in [0.25, 0.3) is 0 Å². The van der Waals surface area contributed by atoms with E-state index in [0.717, 1.165) is 11.1 Å². The first-order valence-corrected chi connectivity index (χ1v) is 7.27. The van der Waals surface area contributed by atoms with Crippen molar-refractivity contribution in [3.8, 4) is 0 Å². The maximum atomic E-state index is 12.1. The molecule has 3 N–H and O–H groups in total. The third kappa shape index (κ3) is 3.80. The van der Waals surface area contributed by atoms with E-state index in [2.05, 4.69) is 12.2 Å². The number of carbonyl (C=O) groups is 1. The van der Waals surface area contributed by atoms with Crippen molar-refractivity contribution in [3.63, 3.8) is 0 Å². The largest absolute Gasteiger partial charge is 0.353 e. The van der Waals surface area contributed by atoms with E-state index < -0.39 is 0 Å². The molecule has 104 valence electrons. The molecular weight excluding hydrogens is 236 g/mol. The zero-order valence-electron chi connectivity index (χ0n) is 11.7. The minimum Gasteiger partial charge on any atom is -0.353 e. The summed E-state index contributed by atoms with van der Waals surface area (Å²) in [6.45, 7) is 2.62. The first kappa shape index (κ1) is 14.1. The van der Waals surface area contributed by atoms with Crippen molar-refractivity contribution >= 4 is 5.91 Å². The molecule has 0 aromatic heterocycles. The minimum atomic E-state index is 0.111. The van der Waals surface area contributed by atoms with Crippen LogP contribution in [0, 0.1) is 5.92 Å². The lowest BCUT2D eigenvalue weighted by molar-refractivity contribution is -0.121. The van der Waals surface area contributed by atoms with Crippen molar-refractivity contribution in [2.45, 2.75) is 51.6 Å². The van der Waals surface area contributed by atoms with Gasteiger partial charge in [-0.25, -0.2) is 0 Å². The predicted octanol–water partition coefficient (Wildman–Crippen LogP) is 2.38. The molecule has 0 radical (unpaired) electrons. The van der Waals surface area contributed by atoms with Gasteiger partial charge in [0.2, 0.25) is 5.91 Å². The molecular formula is C16H24N2O. The molecule has 3 heteroatoms. The molecule has 1 aliphatic rings. The van der Waals surface area contributed by atoms with E-state index in [-0.39, 0.29) is 5.91 Å². The lowest BCUT2D eigenvalue weighted by atomic mass is 9.99. The number of benzene rings is 1. The molecule has 0 bridgehead atoms. The maximum absolute atomic E-state index is 12.1. The first-order valence-electron chi connectivity index (χ1n) is 7.27. The fourth-order valence-electron chi connectivity index (χ4n) is 2.98. The van der Waals surface area contributed by atoms with Crippen molar-refractivity contribution in [2.75, 3.05) is 0 Å². The summed E-state index contributed by atoms with van der Waals surface area (Å²) >= 11 is 0. The summed E-state index contributed by atoms with van der Waals surface area (Å²) in [6.07, 6.45) is 5.55. The molecule has 0 saturated heterocycles. The Labute approximate surface area is 115 Å². The summed E-state index contributed by atoms with van der Waals surface area (Å²) in [4.78, 5) is 12.1. The summed E-state index contributed by atoms with van der Waals surface area (Å²) in [6, 6.07) is 8.19. The van der Waals surface area contributed by atoms with Crippen molar-refractivity contribution in [2.24, 2.45) is 11.7 Å². The van der Waals surface area contributed by atoms with Gasteiger partial charge in [0.15, 0.2) is 0 Å². The van der Waals surface area contributed by atoms with Crippen LogP contribution in [-0.4, -0.2) is 11.9 Å². The maximum Gasteiger partial charge on any atom is 0.224 e. The molecule has 0 spiro atoms. The molecule has 0 unspecified atom stereocenters. The Balaban J connectivity index is 1.89. The molecule has 19 heavy (non-hydrogen) atoms. The van der Waals surface area contributed by atoms with Gasteiger partial charge in [-0.15, -0.1) is 0 Å². The zero-order chi connectivity index (χ0) is 13.7. The van der Waals surface area contributed by atoms with E-state index >= 15 is 0 Å². The third-order valence-electron chi connectivity index (χ3n) is 4.18. The van der Waals surface area contributed by atoms with E-state index in [1.165, 1.54) is 25.7 Å². The Kier molecular flexibility index (Phi) is 4.97. The first-order chi connectivity index (χ1) is 9.20. The number of amides is 1. The van der Waals surface area contributed by atoms with Crippen molar-refractivity contribution < 1.29 is 4.79 Å². The van der Waals surface area contributed by atoms with Crippen LogP contribution in [0.1, 0.15) is 43.7 Å². The van der Waals surface area contributed by atoms with Crippen LogP contribution in [-0.2, 0) is 17.8 Å². The number of carbonyl (C=O) groups excluding carboxylic acids is 1. The fraction of sp³-hybridized carbons (Fsp3) is 0.562. The Hall–Kier alpha value is -1.35. The molecule has 3 nitrogen and oxygen atoms in total. The number of nitrogens with two attached hydrogens (primary N) is 1. The third-order valence-corrected chi connectivity index (χ3v) is 4.18. The number of hydrogen-bond donors (Lipinski definition) is 2. The predicted molar refractivity (Wildman–Crippen MR) is 77.6 cm³/mol. The van der Waals surface area contributed by atoms with Gasteiger partial charge < -0.3 is 11.1 Å². The summed E-state index contributed by atoms with van der Waals surface area (Å²) in [5.74, 6) is 0.772. The van der Waals surface area contributed by atoms with Gasteiger partial charge >= 0.3 is 0 Å². The average molecular weight is 260 g/mol. The van der Waals surface area contributed by atoms with Gasteiger partial charge in [-0.3, -0.25) is 4.79 Å². The van der Waals surface area contributed by atoms with Crippen LogP contribution in [0.5, 0.6) is 0 Å². The van der Waals surface area contributed by atoms with E-state index in [9.17, 15) is 4.79 Å². The smallest absolute Gasteiger partial charge is 0.224 e. The summed E-state index contributed by atoms with van der Waals surface area (Å²) in [5, 5.41) is 3.14. The van der Waals surface area contributed by atoms with E-state index in [1.807, 2.05) is 24.3 Å². The highest BCUT2D eigenvalue weighted by Gasteiger charge is 2.22. The van der Waals surface area contributed by atoms with Crippen molar-refractivity contribution in [1.29, 1.82) is 0 Å². The highest BCUT2D eigenvalue weighted by atomic mass is 16.1. The molecule has 1 amide bonds. The Morgan fingerprint density at radius 1 is 1.32 bits per heavy atom. The molecule has 1 fully saturated rings. The highest BCUT2D eigenvalue weighted by molar-refractivity contribution is 5.79. The molecule has 1 aromatic carbocycles. The average Bonchev–Trinajstić information content (AvgIpc) is 2.93. The quantitative estimate of drug-likeness (QED) is 0.854. The monoisotopic (exact) mass is 260 g/mol. The van der Waals surface area contributed by atoms with Gasteiger partial charge in [-0.05, 0) is 36.8 Å². The second kappa shape index (κ2) is 6.71. The molecule has 1 aliphatic carbocycles. The Morgan fingerprint density at radius 2 is 1.95 bits per heavy atom. The molecule has 0 aliphatic heterocycles. The zero-order valence-corrected chi connectivity index (χ0v) is 11.7. The van der Waals surface area contributed by atoms with Crippen molar-refractivity contribution in [3.05, 3.63) is 35.4 Å². The standard InChI is InChI=1S/C16H24N2O/c1-12(13-6-2-3-7-13)18-16(19)10-14-8-4-5-9-15(14)11-17/h4-5,8-9,12-13H,2-3,6-7,10-11,17H2,1H3,(H,18,19)/t12-/m0/s1. The van der Waals surface area contributed by atoms with Gasteiger partial charge in [0.25, 0.3) is 0 Å². The summed E-state index contributed by atoms with van der Waals surface area (Å²) in [5.41, 5.74) is 7.80. The number of hydrogen-bond acceptors (Lipinski definition) is 2. The molecule has 2 rings (SSSR count). The second-order valence-corrected chi connectivity index (χ2v) is 5.55. The summed E-state index contributed by atoms with van der Waals surface area (Å²) < 4.78 is 0. The van der Waals surface area contributed by atoms with Gasteiger partial charge in [0.05, 0.1) is 6.42 Å². The molecule has 0 heterocycles. The highest BCUT2D eigenvalue weighted by Crippen LogP contribution is 2.27. The van der Waals surface area contributed by atoms with Gasteiger partial charge in [0, 0.05) is 12.6 Å². The van der Waals surface area contributed by atoms with Crippen LogP contribution < -0.4 is 11.1 Å². The van der Waals surface area contributed by atoms with Crippen LogP contribution in [0.4, 0.5) is 0 Å². The van der Waals surface area contributed by atoms with E-state index in [4.69, 9.17) is 5.73 Å². The summed E-state index contributed by atoms with van der Waals surface area (Å²) in [7, 11) is 0. The minimum absolute atomic E-state index is 0.111. The SMILES string of the molecule is C[C@H](NC(=O)Cc1ccccc1CN)C1CCCC1. The van der Waals surface area contributed by atoms with E-state index in [1.54, 1.807) is 0 Å². The van der Waals surface area contributed by atoms with Crippen LogP contribution in [0.15, 0.2) is 24.3 Å². The lowest BCUT2D eigenvalue weighted by Gasteiger charge is -2.20. The van der Waals surface area contributed by atoms with Crippen LogP contribution in [0.3, 0.4) is 0 Å². The second-order valence-electron chi connectivity index (χ2n) is 5.55. The number of nitrogens with one attached hydrogen (secondary N) is 1. The molecule has 1 atom stereocenters. The van der Waals surface area contributed by atoms with Gasteiger partial charge in [-0.1, -0.05) is 37.1 Å². The van der Waals surface area contributed by atoms with Crippen molar-refractivity contribution in [1.82, 2.24) is 5.32 Å². The Morgan fingerprint density at radius 3 is 2.58 bits per heavy atom. The van der Waals surface area contributed by atoms with Gasteiger partial charge in [0.1, 0.15) is 0 Å². The topological polar surface area (TPSA) is 55.1 Å². The normalized spacial score (nSPS) is 17.4. The van der Waals surface area contributed by atoms with Gasteiger partial charge in [-0.2, -0.15) is 0 Å². The molecule has 1 aromatic rings. The number of rotatable bonds is 5. The fourth-order valence-corrected chi connectivity index (χ4v) is 2.98. The van der Waals surface area contributed by atoms with Crippen LogP contribution in [0.2, 0.25) is 0 Å². The molecule has 1 saturated carbocycles.